The lowest BCUT2D eigenvalue weighted by atomic mass is 10.0. The van der Waals surface area contributed by atoms with Crippen molar-refractivity contribution in [3.05, 3.63) is 35.6 Å². The van der Waals surface area contributed by atoms with E-state index in [1.807, 2.05) is 0 Å². The maximum atomic E-state index is 13.4. The number of sulfone groups is 1. The maximum absolute atomic E-state index is 13.4. The molecular formula is C17H25FO3S. The van der Waals surface area contributed by atoms with Crippen LogP contribution in [-0.2, 0) is 21.1 Å². The quantitative estimate of drug-likeness (QED) is 0.684. The zero-order valence-corrected chi connectivity index (χ0v) is 14.4. The Bertz CT molecular complexity index is 601. The molecular weight excluding hydrogens is 303 g/mol. The molecule has 1 aromatic carbocycles. The first-order valence-electron chi connectivity index (χ1n) is 7.61. The predicted molar refractivity (Wildman–Crippen MR) is 87.1 cm³/mol. The second kappa shape index (κ2) is 7.86. The largest absolute Gasteiger partial charge is 0.299 e. The highest BCUT2D eigenvalue weighted by atomic mass is 32.2. The number of hydrogen-bond acceptors (Lipinski definition) is 3. The van der Waals surface area contributed by atoms with Gasteiger partial charge in [0.2, 0.25) is 0 Å². The van der Waals surface area contributed by atoms with Gasteiger partial charge in [-0.15, -0.1) is 0 Å². The van der Waals surface area contributed by atoms with Crippen LogP contribution in [0.1, 0.15) is 52.0 Å². The Labute approximate surface area is 132 Å². The SMILES string of the molecule is CC(C)(C)S(=O)(=O)CCCCCC(=O)Cc1ccccc1F. The second-order valence-electron chi connectivity index (χ2n) is 6.55. The number of Topliss-reactive ketones (excluding diaryl/α,β-unsaturated/α-hetero) is 1. The first-order chi connectivity index (χ1) is 10.1. The van der Waals surface area contributed by atoms with Gasteiger partial charge >= 0.3 is 0 Å². The number of rotatable bonds is 8. The van der Waals surface area contributed by atoms with E-state index in [4.69, 9.17) is 0 Å². The van der Waals surface area contributed by atoms with Gasteiger partial charge in [0.25, 0.3) is 0 Å². The molecule has 22 heavy (non-hydrogen) atoms. The van der Waals surface area contributed by atoms with Crippen LogP contribution in [0.15, 0.2) is 24.3 Å². The summed E-state index contributed by atoms with van der Waals surface area (Å²) in [5, 5.41) is 0. The van der Waals surface area contributed by atoms with E-state index in [2.05, 4.69) is 0 Å². The van der Waals surface area contributed by atoms with Crippen LogP contribution in [0.25, 0.3) is 0 Å². The Morgan fingerprint density at radius 2 is 1.73 bits per heavy atom. The van der Waals surface area contributed by atoms with Gasteiger partial charge in [0.15, 0.2) is 9.84 Å². The normalized spacial score (nSPS) is 12.4. The Balaban J connectivity index is 2.28. The highest BCUT2D eigenvalue weighted by molar-refractivity contribution is 7.92. The van der Waals surface area contributed by atoms with Crippen molar-refractivity contribution in [1.29, 1.82) is 0 Å². The van der Waals surface area contributed by atoms with E-state index >= 15 is 0 Å². The zero-order chi connectivity index (χ0) is 16.8. The third-order valence-electron chi connectivity index (χ3n) is 3.65. The van der Waals surface area contributed by atoms with Crippen molar-refractivity contribution in [1.82, 2.24) is 0 Å². The van der Waals surface area contributed by atoms with E-state index < -0.39 is 14.6 Å². The minimum atomic E-state index is -3.09. The first-order valence-corrected chi connectivity index (χ1v) is 9.26. The topological polar surface area (TPSA) is 51.2 Å². The molecule has 1 rings (SSSR count). The fourth-order valence-corrected chi connectivity index (χ4v) is 3.24. The molecule has 0 saturated carbocycles. The van der Waals surface area contributed by atoms with E-state index in [9.17, 15) is 17.6 Å². The van der Waals surface area contributed by atoms with Gasteiger partial charge in [-0.05, 0) is 45.2 Å². The molecule has 0 amide bonds. The van der Waals surface area contributed by atoms with Crippen LogP contribution in [0.4, 0.5) is 4.39 Å². The van der Waals surface area contributed by atoms with E-state index in [-0.39, 0.29) is 23.8 Å². The fourth-order valence-electron chi connectivity index (χ4n) is 2.04. The predicted octanol–water partition coefficient (Wildman–Crippen LogP) is 3.71. The Morgan fingerprint density at radius 3 is 2.32 bits per heavy atom. The highest BCUT2D eigenvalue weighted by Crippen LogP contribution is 2.18. The van der Waals surface area contributed by atoms with Gasteiger partial charge in [0, 0.05) is 12.8 Å². The molecule has 1 aromatic rings. The summed E-state index contributed by atoms with van der Waals surface area (Å²) in [5.74, 6) is -0.214. The number of ketones is 1. The summed E-state index contributed by atoms with van der Waals surface area (Å²) < 4.78 is 36.5. The lowest BCUT2D eigenvalue weighted by Gasteiger charge is -2.18. The molecule has 0 saturated heterocycles. The number of unbranched alkanes of at least 4 members (excludes halogenated alkanes) is 2. The average molecular weight is 328 g/mol. The van der Waals surface area contributed by atoms with Crippen LogP contribution in [0.5, 0.6) is 0 Å². The molecule has 0 atom stereocenters. The summed E-state index contributed by atoms with van der Waals surface area (Å²) >= 11 is 0. The Kier molecular flexibility index (Phi) is 6.72. The van der Waals surface area contributed by atoms with Gasteiger partial charge < -0.3 is 0 Å². The molecule has 0 N–H and O–H groups in total. The number of benzene rings is 1. The van der Waals surface area contributed by atoms with Crippen LogP contribution >= 0.6 is 0 Å². The van der Waals surface area contributed by atoms with Crippen LogP contribution < -0.4 is 0 Å². The van der Waals surface area contributed by atoms with Crippen molar-refractivity contribution in [3.63, 3.8) is 0 Å². The summed E-state index contributed by atoms with van der Waals surface area (Å²) in [4.78, 5) is 11.8. The Morgan fingerprint density at radius 1 is 1.09 bits per heavy atom. The fraction of sp³-hybridized carbons (Fsp3) is 0.588. The third kappa shape index (κ3) is 5.87. The lowest BCUT2D eigenvalue weighted by molar-refractivity contribution is -0.118. The van der Waals surface area contributed by atoms with Crippen LogP contribution in [0, 0.1) is 5.82 Å². The molecule has 5 heteroatoms. The van der Waals surface area contributed by atoms with E-state index in [0.717, 1.165) is 0 Å². The summed E-state index contributed by atoms with van der Waals surface area (Å²) in [5.41, 5.74) is 0.419. The molecule has 0 spiro atoms. The molecule has 0 aliphatic carbocycles. The number of carbonyl (C=O) groups excluding carboxylic acids is 1. The third-order valence-corrected chi connectivity index (χ3v) is 6.34. The molecule has 0 heterocycles. The molecule has 0 fully saturated rings. The number of halogens is 1. The summed E-state index contributed by atoms with van der Waals surface area (Å²) in [6, 6.07) is 6.27. The Hall–Kier alpha value is -1.23. The summed E-state index contributed by atoms with van der Waals surface area (Å²) in [7, 11) is -3.09. The zero-order valence-electron chi connectivity index (χ0n) is 13.6. The molecule has 0 bridgehead atoms. The maximum Gasteiger partial charge on any atom is 0.155 e. The summed E-state index contributed by atoms with van der Waals surface area (Å²) in [6.45, 7) is 5.08. The van der Waals surface area contributed by atoms with Gasteiger partial charge in [-0.1, -0.05) is 24.6 Å². The molecule has 0 aromatic heterocycles. The van der Waals surface area contributed by atoms with Crippen molar-refractivity contribution in [2.45, 2.75) is 57.6 Å². The molecule has 124 valence electrons. The van der Waals surface area contributed by atoms with Crippen molar-refractivity contribution < 1.29 is 17.6 Å². The van der Waals surface area contributed by atoms with Crippen molar-refractivity contribution in [2.75, 3.05) is 5.75 Å². The van der Waals surface area contributed by atoms with Gasteiger partial charge in [-0.25, -0.2) is 12.8 Å². The highest BCUT2D eigenvalue weighted by Gasteiger charge is 2.27. The molecule has 0 radical (unpaired) electrons. The van der Waals surface area contributed by atoms with E-state index in [1.165, 1.54) is 6.07 Å². The summed E-state index contributed by atoms with van der Waals surface area (Å²) in [6.07, 6.45) is 2.37. The molecule has 0 aliphatic rings. The molecule has 0 aliphatic heterocycles. The van der Waals surface area contributed by atoms with Gasteiger partial charge in [-0.3, -0.25) is 4.79 Å². The van der Waals surface area contributed by atoms with E-state index in [0.29, 0.717) is 31.2 Å². The minimum absolute atomic E-state index is 0.0104. The van der Waals surface area contributed by atoms with Crippen molar-refractivity contribution >= 4 is 15.6 Å². The smallest absolute Gasteiger partial charge is 0.155 e. The van der Waals surface area contributed by atoms with Crippen LogP contribution in [0.3, 0.4) is 0 Å². The second-order valence-corrected chi connectivity index (χ2v) is 9.41. The van der Waals surface area contributed by atoms with Crippen molar-refractivity contribution in [3.8, 4) is 0 Å². The van der Waals surface area contributed by atoms with Gasteiger partial charge in [0.05, 0.1) is 10.5 Å². The lowest BCUT2D eigenvalue weighted by Crippen LogP contribution is -2.30. The minimum Gasteiger partial charge on any atom is -0.299 e. The standard InChI is InChI=1S/C17H25FO3S/c1-17(2,3)22(20,21)12-8-4-5-10-15(19)13-14-9-6-7-11-16(14)18/h6-7,9,11H,4-5,8,10,12-13H2,1-3H3. The molecule has 3 nitrogen and oxygen atoms in total. The monoisotopic (exact) mass is 328 g/mol. The van der Waals surface area contributed by atoms with Crippen LogP contribution in [0.2, 0.25) is 0 Å². The van der Waals surface area contributed by atoms with E-state index in [1.54, 1.807) is 39.0 Å². The average Bonchev–Trinajstić information content (AvgIpc) is 2.39. The molecule has 0 unspecified atom stereocenters. The number of hydrogen-bond donors (Lipinski definition) is 0. The van der Waals surface area contributed by atoms with Gasteiger partial charge in [0.1, 0.15) is 11.6 Å². The first kappa shape index (κ1) is 18.8. The number of carbonyl (C=O) groups is 1. The van der Waals surface area contributed by atoms with Crippen molar-refractivity contribution in [2.24, 2.45) is 0 Å². The van der Waals surface area contributed by atoms with Gasteiger partial charge in [-0.2, -0.15) is 0 Å². The van der Waals surface area contributed by atoms with Crippen LogP contribution in [-0.4, -0.2) is 24.7 Å².